The number of fused-ring (bicyclic) bond motifs is 1. The van der Waals surface area contributed by atoms with Crippen LogP contribution in [0.5, 0.6) is 0 Å². The number of para-hydroxylation sites is 2. The van der Waals surface area contributed by atoms with Gasteiger partial charge in [0, 0.05) is 32.7 Å². The molecule has 1 fully saturated rings. The van der Waals surface area contributed by atoms with Gasteiger partial charge >= 0.3 is 0 Å². The molecular weight excluding hydrogens is 260 g/mol. The molecule has 110 valence electrons. The molecule has 0 amide bonds. The highest BCUT2D eigenvalue weighted by Gasteiger charge is 2.08. The number of nitrogens with one attached hydrogen (secondary N) is 1. The zero-order valence-corrected chi connectivity index (χ0v) is 12.6. The van der Waals surface area contributed by atoms with Crippen LogP contribution >= 0.6 is 0 Å². The van der Waals surface area contributed by atoms with E-state index >= 15 is 0 Å². The van der Waals surface area contributed by atoms with Gasteiger partial charge in [-0.2, -0.15) is 0 Å². The van der Waals surface area contributed by atoms with E-state index in [0.717, 1.165) is 57.0 Å². The Hall–Kier alpha value is -1.83. The van der Waals surface area contributed by atoms with Crippen LogP contribution in [-0.4, -0.2) is 47.2 Å². The van der Waals surface area contributed by atoms with E-state index in [9.17, 15) is 0 Å². The van der Waals surface area contributed by atoms with Gasteiger partial charge in [0.05, 0.1) is 24.0 Å². The smallest absolute Gasteiger partial charge is 0.121 e. The molecule has 0 unspecified atom stereocenters. The number of imidazole rings is 1. The number of aryl methyl sites for hydroxylation is 1. The Kier molecular flexibility index (Phi) is 4.54. The molecule has 3 rings (SSSR count). The van der Waals surface area contributed by atoms with Gasteiger partial charge in [0.25, 0.3) is 0 Å². The zero-order chi connectivity index (χ0) is 14.5. The minimum Gasteiger partial charge on any atom is -0.327 e. The zero-order valence-electron chi connectivity index (χ0n) is 12.6. The van der Waals surface area contributed by atoms with Crippen LogP contribution in [0.15, 0.2) is 24.3 Å². The summed E-state index contributed by atoms with van der Waals surface area (Å²) in [5.74, 6) is 7.66. The summed E-state index contributed by atoms with van der Waals surface area (Å²) >= 11 is 0. The van der Waals surface area contributed by atoms with Crippen LogP contribution in [0.3, 0.4) is 0 Å². The van der Waals surface area contributed by atoms with Gasteiger partial charge in [0.15, 0.2) is 0 Å². The minimum atomic E-state index is 0.731. The summed E-state index contributed by atoms with van der Waals surface area (Å²) in [4.78, 5) is 7.10. The number of aromatic nitrogens is 2. The van der Waals surface area contributed by atoms with Gasteiger partial charge in [-0.25, -0.2) is 4.98 Å². The van der Waals surface area contributed by atoms with Crippen molar-refractivity contribution >= 4 is 11.0 Å². The molecule has 1 aliphatic rings. The SMILES string of the molecule is CCn1c(CC#CCN2CCNCC2)nc2ccccc21. The van der Waals surface area contributed by atoms with Crippen molar-refractivity contribution in [3.05, 3.63) is 30.1 Å². The van der Waals surface area contributed by atoms with E-state index in [1.165, 1.54) is 5.52 Å². The van der Waals surface area contributed by atoms with Gasteiger partial charge in [0.2, 0.25) is 0 Å². The van der Waals surface area contributed by atoms with Gasteiger partial charge in [-0.15, -0.1) is 0 Å². The molecule has 1 aromatic carbocycles. The molecule has 1 N–H and O–H groups in total. The lowest BCUT2D eigenvalue weighted by Gasteiger charge is -2.24. The number of hydrogen-bond donors (Lipinski definition) is 1. The molecule has 21 heavy (non-hydrogen) atoms. The summed E-state index contributed by atoms with van der Waals surface area (Å²) in [6.07, 6.45) is 0.731. The highest BCUT2D eigenvalue weighted by atomic mass is 15.2. The molecule has 0 aliphatic carbocycles. The second kappa shape index (κ2) is 6.75. The van der Waals surface area contributed by atoms with Crippen molar-refractivity contribution in [1.82, 2.24) is 19.8 Å². The first-order valence-electron chi connectivity index (χ1n) is 7.71. The third kappa shape index (κ3) is 3.26. The predicted octanol–water partition coefficient (Wildman–Crippen LogP) is 1.51. The fourth-order valence-electron chi connectivity index (χ4n) is 2.79. The van der Waals surface area contributed by atoms with Crippen LogP contribution in [0.1, 0.15) is 12.7 Å². The van der Waals surface area contributed by atoms with Gasteiger partial charge in [-0.05, 0) is 19.1 Å². The predicted molar refractivity (Wildman–Crippen MR) is 86.2 cm³/mol. The molecule has 2 heterocycles. The van der Waals surface area contributed by atoms with Crippen LogP contribution in [0, 0.1) is 11.8 Å². The first kappa shape index (κ1) is 14.1. The molecule has 0 atom stereocenters. The maximum Gasteiger partial charge on any atom is 0.121 e. The van der Waals surface area contributed by atoms with Crippen molar-refractivity contribution < 1.29 is 0 Å². The molecule has 0 spiro atoms. The molecule has 0 radical (unpaired) electrons. The Morgan fingerprint density at radius 3 is 2.81 bits per heavy atom. The maximum atomic E-state index is 4.70. The van der Waals surface area contributed by atoms with E-state index in [4.69, 9.17) is 4.98 Å². The van der Waals surface area contributed by atoms with E-state index in [-0.39, 0.29) is 0 Å². The number of hydrogen-bond acceptors (Lipinski definition) is 3. The van der Waals surface area contributed by atoms with Crippen LogP contribution in [0.25, 0.3) is 11.0 Å². The molecule has 1 aromatic heterocycles. The molecule has 1 aliphatic heterocycles. The van der Waals surface area contributed by atoms with Crippen LogP contribution in [-0.2, 0) is 13.0 Å². The maximum absolute atomic E-state index is 4.70. The second-order valence-corrected chi connectivity index (χ2v) is 5.32. The highest BCUT2D eigenvalue weighted by Crippen LogP contribution is 2.15. The summed E-state index contributed by atoms with van der Waals surface area (Å²) in [7, 11) is 0. The standard InChI is InChI=1S/C17H22N4/c1-2-21-16-8-4-3-7-15(16)19-17(21)9-5-6-12-20-13-10-18-11-14-20/h3-4,7-8,18H,2,9-14H2,1H3. The minimum absolute atomic E-state index is 0.731. The molecule has 4 heteroatoms. The number of benzene rings is 1. The van der Waals surface area contributed by atoms with E-state index in [1.54, 1.807) is 0 Å². The van der Waals surface area contributed by atoms with Crippen molar-refractivity contribution in [3.8, 4) is 11.8 Å². The Bertz CT molecular complexity index is 656. The molecule has 0 saturated carbocycles. The molecule has 0 bridgehead atoms. The van der Waals surface area contributed by atoms with Crippen molar-refractivity contribution in [1.29, 1.82) is 0 Å². The van der Waals surface area contributed by atoms with E-state index in [1.807, 2.05) is 6.07 Å². The molecular formula is C17H22N4. The second-order valence-electron chi connectivity index (χ2n) is 5.32. The highest BCUT2D eigenvalue weighted by molar-refractivity contribution is 5.75. The first-order valence-corrected chi connectivity index (χ1v) is 7.71. The topological polar surface area (TPSA) is 33.1 Å². The lowest BCUT2D eigenvalue weighted by Crippen LogP contribution is -2.43. The largest absolute Gasteiger partial charge is 0.327 e. The fraction of sp³-hybridized carbons (Fsp3) is 0.471. The quantitative estimate of drug-likeness (QED) is 0.866. The third-order valence-electron chi connectivity index (χ3n) is 3.93. The van der Waals surface area contributed by atoms with Crippen molar-refractivity contribution in [2.45, 2.75) is 19.9 Å². The molecule has 2 aromatic rings. The van der Waals surface area contributed by atoms with Gasteiger partial charge in [-0.3, -0.25) is 4.90 Å². The Balaban J connectivity index is 1.67. The van der Waals surface area contributed by atoms with Crippen LogP contribution < -0.4 is 5.32 Å². The van der Waals surface area contributed by atoms with E-state index < -0.39 is 0 Å². The Labute approximate surface area is 126 Å². The fourth-order valence-corrected chi connectivity index (χ4v) is 2.79. The Morgan fingerprint density at radius 1 is 1.19 bits per heavy atom. The van der Waals surface area contributed by atoms with Crippen LogP contribution in [0.2, 0.25) is 0 Å². The average molecular weight is 282 g/mol. The van der Waals surface area contributed by atoms with Gasteiger partial charge in [0.1, 0.15) is 5.82 Å². The summed E-state index contributed by atoms with van der Waals surface area (Å²) in [5.41, 5.74) is 2.28. The Morgan fingerprint density at radius 2 is 2.00 bits per heavy atom. The summed E-state index contributed by atoms with van der Waals surface area (Å²) in [5, 5.41) is 3.36. The number of nitrogens with zero attached hydrogens (tertiary/aromatic N) is 3. The van der Waals surface area contributed by atoms with Crippen LogP contribution in [0.4, 0.5) is 0 Å². The monoisotopic (exact) mass is 282 g/mol. The van der Waals surface area contributed by atoms with Crippen molar-refractivity contribution in [2.24, 2.45) is 0 Å². The first-order chi connectivity index (χ1) is 10.4. The number of piperazine rings is 1. The summed E-state index contributed by atoms with van der Waals surface area (Å²) < 4.78 is 2.26. The van der Waals surface area contributed by atoms with Gasteiger partial charge < -0.3 is 9.88 Å². The van der Waals surface area contributed by atoms with E-state index in [0.29, 0.717) is 0 Å². The molecule has 4 nitrogen and oxygen atoms in total. The van der Waals surface area contributed by atoms with E-state index in [2.05, 4.69) is 51.7 Å². The average Bonchev–Trinajstić information content (AvgIpc) is 2.90. The normalized spacial score (nSPS) is 15.9. The summed E-state index contributed by atoms with van der Waals surface area (Å²) in [6.45, 7) is 8.32. The lowest BCUT2D eigenvalue weighted by atomic mass is 10.3. The van der Waals surface area contributed by atoms with Gasteiger partial charge in [-0.1, -0.05) is 24.0 Å². The van der Waals surface area contributed by atoms with Crippen molar-refractivity contribution in [3.63, 3.8) is 0 Å². The van der Waals surface area contributed by atoms with Crippen molar-refractivity contribution in [2.75, 3.05) is 32.7 Å². The summed E-state index contributed by atoms with van der Waals surface area (Å²) in [6, 6.07) is 8.30. The number of rotatable bonds is 3. The third-order valence-corrected chi connectivity index (χ3v) is 3.93. The lowest BCUT2D eigenvalue weighted by molar-refractivity contribution is 0.268. The molecule has 1 saturated heterocycles.